The number of nitrogens with zero attached hydrogens (tertiary/aromatic N) is 4. The fourth-order valence-electron chi connectivity index (χ4n) is 2.86. The molecule has 0 atom stereocenters. The van der Waals surface area contributed by atoms with Crippen LogP contribution in [0.4, 0.5) is 5.69 Å². The Morgan fingerprint density at radius 2 is 2.09 bits per heavy atom. The van der Waals surface area contributed by atoms with Crippen LogP contribution in [0.2, 0.25) is 0 Å². The second kappa shape index (κ2) is 6.45. The first-order valence-corrected chi connectivity index (χ1v) is 8.55. The van der Waals surface area contributed by atoms with Crippen molar-refractivity contribution >= 4 is 17.0 Å². The van der Waals surface area contributed by atoms with E-state index in [1.807, 2.05) is 36.9 Å². The highest BCUT2D eigenvalue weighted by molar-refractivity contribution is 7.12. The van der Waals surface area contributed by atoms with Crippen molar-refractivity contribution in [2.45, 2.75) is 45.1 Å². The molecule has 1 aliphatic rings. The molecule has 4 nitrogen and oxygen atoms in total. The van der Waals surface area contributed by atoms with Crippen LogP contribution in [0.25, 0.3) is 15.4 Å². The molecular formula is C17H20N4S. The summed E-state index contributed by atoms with van der Waals surface area (Å²) >= 11 is 1.64. The van der Waals surface area contributed by atoms with Gasteiger partial charge in [-0.25, -0.2) is 9.53 Å². The molecule has 0 unspecified atom stereocenters. The first kappa shape index (κ1) is 15.0. The molecule has 5 heteroatoms. The molecule has 0 aliphatic heterocycles. The van der Waals surface area contributed by atoms with Gasteiger partial charge in [-0.05, 0) is 25.3 Å². The second-order valence-corrected chi connectivity index (χ2v) is 6.80. The van der Waals surface area contributed by atoms with Gasteiger partial charge in [0.1, 0.15) is 5.01 Å². The zero-order valence-corrected chi connectivity index (χ0v) is 13.9. The molecule has 1 fully saturated rings. The highest BCUT2D eigenvalue weighted by atomic mass is 32.1. The van der Waals surface area contributed by atoms with Crippen LogP contribution in [-0.2, 0) is 7.05 Å². The molecule has 1 aromatic carbocycles. The van der Waals surface area contributed by atoms with E-state index in [9.17, 15) is 0 Å². The van der Waals surface area contributed by atoms with E-state index in [4.69, 9.17) is 11.6 Å². The molecule has 1 heterocycles. The van der Waals surface area contributed by atoms with Crippen molar-refractivity contribution in [2.75, 3.05) is 0 Å². The Labute approximate surface area is 135 Å². The average molecular weight is 312 g/mol. The van der Waals surface area contributed by atoms with Gasteiger partial charge in [-0.15, -0.1) is 0 Å². The van der Waals surface area contributed by atoms with Gasteiger partial charge < -0.3 is 0 Å². The molecular weight excluding hydrogens is 292 g/mol. The Morgan fingerprint density at radius 1 is 1.32 bits per heavy atom. The van der Waals surface area contributed by atoms with Crippen LogP contribution in [0.1, 0.15) is 37.7 Å². The van der Waals surface area contributed by atoms with Gasteiger partial charge in [-0.2, -0.15) is 5.10 Å². The highest BCUT2D eigenvalue weighted by Gasteiger charge is 2.13. The predicted octanol–water partition coefficient (Wildman–Crippen LogP) is 4.24. The summed E-state index contributed by atoms with van der Waals surface area (Å²) < 4.78 is 1.88. The first-order chi connectivity index (χ1) is 10.7. The van der Waals surface area contributed by atoms with E-state index in [0.717, 1.165) is 20.9 Å². The lowest BCUT2D eigenvalue weighted by Crippen LogP contribution is -2.18. The van der Waals surface area contributed by atoms with Gasteiger partial charge in [0.05, 0.1) is 12.6 Å². The predicted molar refractivity (Wildman–Crippen MR) is 90.0 cm³/mol. The number of aromatic nitrogens is 2. The van der Waals surface area contributed by atoms with Crippen LogP contribution in [-0.4, -0.2) is 15.8 Å². The normalized spacial score (nSPS) is 16.7. The Hall–Kier alpha value is -1.93. The molecule has 0 N–H and O–H groups in total. The Bertz CT molecular complexity index is 773. The Kier molecular flexibility index (Phi) is 4.39. The molecule has 114 valence electrons. The summed E-state index contributed by atoms with van der Waals surface area (Å²) in [6, 6.07) is 6.34. The first-order valence-electron chi connectivity index (χ1n) is 7.74. The molecule has 1 aliphatic carbocycles. The van der Waals surface area contributed by atoms with Crippen molar-refractivity contribution in [1.29, 1.82) is 0 Å². The number of benzene rings is 1. The van der Waals surface area contributed by atoms with E-state index in [2.05, 4.69) is 9.94 Å². The van der Waals surface area contributed by atoms with Gasteiger partial charge in [0, 0.05) is 12.6 Å². The summed E-state index contributed by atoms with van der Waals surface area (Å²) in [5.74, 6) is 0. The maximum atomic E-state index is 7.13. The third kappa shape index (κ3) is 3.12. The molecule has 0 spiro atoms. The van der Waals surface area contributed by atoms with Gasteiger partial charge in [-0.1, -0.05) is 48.8 Å². The van der Waals surface area contributed by atoms with Gasteiger partial charge in [0.2, 0.25) is 4.80 Å². The summed E-state index contributed by atoms with van der Waals surface area (Å²) in [4.78, 5) is 9.40. The van der Waals surface area contributed by atoms with E-state index >= 15 is 0 Å². The van der Waals surface area contributed by atoms with E-state index < -0.39 is 0 Å². The quantitative estimate of drug-likeness (QED) is 0.764. The Morgan fingerprint density at radius 3 is 2.77 bits per heavy atom. The maximum absolute atomic E-state index is 7.13. The number of aryl methyl sites for hydroxylation is 2. The van der Waals surface area contributed by atoms with Crippen LogP contribution in [0.5, 0.6) is 0 Å². The molecule has 2 aromatic rings. The summed E-state index contributed by atoms with van der Waals surface area (Å²) in [5.41, 5.74) is 2.77. The fraction of sp³-hybridized carbons (Fsp3) is 0.471. The summed E-state index contributed by atoms with van der Waals surface area (Å²) in [7, 11) is 1.96. The molecule has 0 radical (unpaired) electrons. The topological polar surface area (TPSA) is 34.5 Å². The molecule has 0 saturated heterocycles. The molecule has 3 rings (SSSR count). The van der Waals surface area contributed by atoms with Crippen molar-refractivity contribution in [3.63, 3.8) is 0 Å². The van der Waals surface area contributed by atoms with Gasteiger partial charge >= 0.3 is 0 Å². The Balaban J connectivity index is 1.93. The molecule has 1 saturated carbocycles. The van der Waals surface area contributed by atoms with E-state index in [-0.39, 0.29) is 0 Å². The third-order valence-electron chi connectivity index (χ3n) is 4.14. The lowest BCUT2D eigenvalue weighted by Gasteiger charge is -2.16. The lowest BCUT2D eigenvalue weighted by molar-refractivity contribution is 0.434. The van der Waals surface area contributed by atoms with Crippen LogP contribution in [0.15, 0.2) is 23.2 Å². The zero-order chi connectivity index (χ0) is 15.5. The standard InChI is InChI=1S/C17H20N4S/c1-12-11-13(9-10-15(12)18-2)16-20-21(3)17(22-16)19-14-7-5-4-6-8-14/h9-11,14H,4-8H2,1,3H3. The fourth-order valence-corrected chi connectivity index (χ4v) is 3.81. The lowest BCUT2D eigenvalue weighted by atomic mass is 9.96. The van der Waals surface area contributed by atoms with Crippen molar-refractivity contribution in [2.24, 2.45) is 12.0 Å². The van der Waals surface area contributed by atoms with Crippen molar-refractivity contribution < 1.29 is 0 Å². The second-order valence-electron chi connectivity index (χ2n) is 5.85. The SMILES string of the molecule is [C-]#[N+]c1ccc(-c2nn(C)c(=NC3CCCCC3)s2)cc1C. The van der Waals surface area contributed by atoms with Crippen LogP contribution >= 0.6 is 11.3 Å². The molecule has 22 heavy (non-hydrogen) atoms. The van der Waals surface area contributed by atoms with Crippen LogP contribution < -0.4 is 4.80 Å². The smallest absolute Gasteiger partial charge is 0.203 e. The van der Waals surface area contributed by atoms with Crippen molar-refractivity contribution in [3.05, 3.63) is 40.0 Å². The minimum absolute atomic E-state index is 0.458. The highest BCUT2D eigenvalue weighted by Crippen LogP contribution is 2.26. The van der Waals surface area contributed by atoms with E-state index in [1.165, 1.54) is 32.1 Å². The van der Waals surface area contributed by atoms with Gasteiger partial charge in [0.25, 0.3) is 0 Å². The summed E-state index contributed by atoms with van der Waals surface area (Å²) in [6.45, 7) is 9.10. The monoisotopic (exact) mass is 312 g/mol. The third-order valence-corrected chi connectivity index (χ3v) is 5.20. The van der Waals surface area contributed by atoms with Crippen LogP contribution in [0.3, 0.4) is 0 Å². The maximum Gasteiger partial charge on any atom is 0.203 e. The molecule has 1 aromatic heterocycles. The van der Waals surface area contributed by atoms with Gasteiger partial charge in [0.15, 0.2) is 5.69 Å². The molecule has 0 amide bonds. The zero-order valence-electron chi connectivity index (χ0n) is 13.0. The number of rotatable bonds is 2. The van der Waals surface area contributed by atoms with Crippen molar-refractivity contribution in [3.8, 4) is 10.6 Å². The van der Waals surface area contributed by atoms with E-state index in [1.54, 1.807) is 11.3 Å². The number of hydrogen-bond donors (Lipinski definition) is 0. The minimum Gasteiger partial charge on any atom is -0.254 e. The number of hydrogen-bond acceptors (Lipinski definition) is 3. The summed E-state index contributed by atoms with van der Waals surface area (Å²) in [6.07, 6.45) is 6.33. The summed E-state index contributed by atoms with van der Waals surface area (Å²) in [5, 5.41) is 5.58. The van der Waals surface area contributed by atoms with Crippen LogP contribution in [0, 0.1) is 13.5 Å². The molecule has 0 bridgehead atoms. The van der Waals surface area contributed by atoms with E-state index in [0.29, 0.717) is 11.7 Å². The minimum atomic E-state index is 0.458. The largest absolute Gasteiger partial charge is 0.254 e. The van der Waals surface area contributed by atoms with Crippen molar-refractivity contribution in [1.82, 2.24) is 9.78 Å². The van der Waals surface area contributed by atoms with Gasteiger partial charge in [-0.3, -0.25) is 4.99 Å². The average Bonchev–Trinajstić information content (AvgIpc) is 2.89.